The molecular formula is C28H26N2O3S2. The molecule has 4 aromatic carbocycles. The van der Waals surface area contributed by atoms with E-state index in [0.29, 0.717) is 16.9 Å². The third-order valence-electron chi connectivity index (χ3n) is 5.43. The molecule has 5 nitrogen and oxygen atoms in total. The number of hydrogen-bond donors (Lipinski definition) is 2. The van der Waals surface area contributed by atoms with Crippen LogP contribution in [0.25, 0.3) is 0 Å². The van der Waals surface area contributed by atoms with E-state index in [2.05, 4.69) is 22.2 Å². The van der Waals surface area contributed by atoms with Gasteiger partial charge < -0.3 is 5.32 Å². The number of rotatable bonds is 8. The first-order valence-electron chi connectivity index (χ1n) is 11.1. The standard InChI is InChI=1S/C28H26N2O3S2/c1-20-12-13-21(2)26(18-20)30-35(32,33)24-16-14-23(15-17-24)29-28(31)25-10-6-7-11-27(25)34-19-22-8-4-3-5-9-22/h3-18,30H,19H2,1-2H3,(H,29,31). The topological polar surface area (TPSA) is 75.3 Å². The number of aryl methyl sites for hydroxylation is 2. The van der Waals surface area contributed by atoms with Gasteiger partial charge in [-0.3, -0.25) is 9.52 Å². The van der Waals surface area contributed by atoms with Crippen molar-refractivity contribution in [1.29, 1.82) is 0 Å². The van der Waals surface area contributed by atoms with Crippen LogP contribution in [0.15, 0.2) is 107 Å². The molecule has 0 aliphatic rings. The summed E-state index contributed by atoms with van der Waals surface area (Å²) in [6, 6.07) is 29.3. The SMILES string of the molecule is Cc1ccc(C)c(NS(=O)(=O)c2ccc(NC(=O)c3ccccc3SCc3ccccc3)cc2)c1. The maximum atomic E-state index is 13.0. The Hall–Kier alpha value is -3.55. The van der Waals surface area contributed by atoms with Crippen LogP contribution in [0.3, 0.4) is 0 Å². The first kappa shape index (κ1) is 24.6. The minimum atomic E-state index is -3.76. The van der Waals surface area contributed by atoms with Crippen LogP contribution in [-0.2, 0) is 15.8 Å². The fourth-order valence-electron chi connectivity index (χ4n) is 3.48. The molecule has 7 heteroatoms. The Bertz CT molecular complexity index is 1440. The Labute approximate surface area is 210 Å². The van der Waals surface area contributed by atoms with Gasteiger partial charge in [-0.1, -0.05) is 54.6 Å². The second kappa shape index (κ2) is 10.8. The molecule has 0 aliphatic carbocycles. The third kappa shape index (κ3) is 6.32. The Balaban J connectivity index is 1.45. The van der Waals surface area contributed by atoms with Crippen molar-refractivity contribution in [3.05, 3.63) is 119 Å². The summed E-state index contributed by atoms with van der Waals surface area (Å²) in [6.45, 7) is 3.76. The fraction of sp³-hybridized carbons (Fsp3) is 0.107. The van der Waals surface area contributed by atoms with Gasteiger partial charge in [-0.05, 0) is 73.0 Å². The zero-order valence-electron chi connectivity index (χ0n) is 19.5. The van der Waals surface area contributed by atoms with Gasteiger partial charge in [0.05, 0.1) is 16.1 Å². The third-order valence-corrected chi connectivity index (χ3v) is 7.95. The van der Waals surface area contributed by atoms with Gasteiger partial charge in [0, 0.05) is 16.3 Å². The summed E-state index contributed by atoms with van der Waals surface area (Å²) in [6.07, 6.45) is 0. The molecule has 0 bridgehead atoms. The van der Waals surface area contributed by atoms with E-state index < -0.39 is 10.0 Å². The summed E-state index contributed by atoms with van der Waals surface area (Å²) in [5.41, 5.74) is 4.62. The molecule has 0 aromatic heterocycles. The molecular weight excluding hydrogens is 476 g/mol. The molecule has 4 aromatic rings. The van der Waals surface area contributed by atoms with Crippen LogP contribution in [0.2, 0.25) is 0 Å². The summed E-state index contributed by atoms with van der Waals surface area (Å²) < 4.78 is 28.4. The summed E-state index contributed by atoms with van der Waals surface area (Å²) in [5.74, 6) is 0.510. The van der Waals surface area contributed by atoms with E-state index in [4.69, 9.17) is 0 Å². The Morgan fingerprint density at radius 3 is 2.26 bits per heavy atom. The molecule has 0 saturated heterocycles. The summed E-state index contributed by atoms with van der Waals surface area (Å²) >= 11 is 1.60. The zero-order valence-corrected chi connectivity index (χ0v) is 21.1. The lowest BCUT2D eigenvalue weighted by Crippen LogP contribution is -2.15. The first-order valence-corrected chi connectivity index (χ1v) is 13.6. The number of anilines is 2. The van der Waals surface area contributed by atoms with Crippen molar-refractivity contribution in [2.24, 2.45) is 0 Å². The Morgan fingerprint density at radius 2 is 1.51 bits per heavy atom. The number of hydrogen-bond acceptors (Lipinski definition) is 4. The molecule has 0 unspecified atom stereocenters. The maximum absolute atomic E-state index is 13.0. The molecule has 2 N–H and O–H groups in total. The number of carbonyl (C=O) groups excluding carboxylic acids is 1. The lowest BCUT2D eigenvalue weighted by molar-refractivity contribution is 0.102. The van der Waals surface area contributed by atoms with E-state index in [9.17, 15) is 13.2 Å². The van der Waals surface area contributed by atoms with E-state index in [1.807, 2.05) is 62.4 Å². The highest BCUT2D eigenvalue weighted by molar-refractivity contribution is 7.98. The number of thioether (sulfide) groups is 1. The van der Waals surface area contributed by atoms with Crippen LogP contribution < -0.4 is 10.0 Å². The number of amides is 1. The van der Waals surface area contributed by atoms with E-state index in [0.717, 1.165) is 21.8 Å². The van der Waals surface area contributed by atoms with Crippen LogP contribution in [-0.4, -0.2) is 14.3 Å². The van der Waals surface area contributed by atoms with Gasteiger partial charge in [0.25, 0.3) is 15.9 Å². The highest BCUT2D eigenvalue weighted by Gasteiger charge is 2.17. The number of carbonyl (C=O) groups is 1. The lowest BCUT2D eigenvalue weighted by Gasteiger charge is -2.13. The van der Waals surface area contributed by atoms with Crippen LogP contribution in [0, 0.1) is 13.8 Å². The van der Waals surface area contributed by atoms with Crippen LogP contribution in [0.5, 0.6) is 0 Å². The van der Waals surface area contributed by atoms with Crippen molar-refractivity contribution in [2.45, 2.75) is 29.4 Å². The van der Waals surface area contributed by atoms with Crippen LogP contribution in [0.4, 0.5) is 11.4 Å². The predicted molar refractivity (Wildman–Crippen MR) is 144 cm³/mol. The minimum Gasteiger partial charge on any atom is -0.322 e. The Kier molecular flexibility index (Phi) is 7.58. The second-order valence-electron chi connectivity index (χ2n) is 8.17. The average Bonchev–Trinajstić information content (AvgIpc) is 2.86. The quantitative estimate of drug-likeness (QED) is 0.265. The maximum Gasteiger partial charge on any atom is 0.261 e. The summed E-state index contributed by atoms with van der Waals surface area (Å²) in [5, 5.41) is 2.87. The molecule has 0 radical (unpaired) electrons. The van der Waals surface area contributed by atoms with Crippen molar-refractivity contribution < 1.29 is 13.2 Å². The monoisotopic (exact) mass is 502 g/mol. The largest absolute Gasteiger partial charge is 0.322 e. The molecule has 0 fully saturated rings. The molecule has 4 rings (SSSR count). The van der Waals surface area contributed by atoms with Gasteiger partial charge >= 0.3 is 0 Å². The first-order chi connectivity index (χ1) is 16.8. The minimum absolute atomic E-state index is 0.121. The lowest BCUT2D eigenvalue weighted by atomic mass is 10.1. The van der Waals surface area contributed by atoms with Crippen molar-refractivity contribution >= 4 is 39.1 Å². The van der Waals surface area contributed by atoms with Crippen LogP contribution >= 0.6 is 11.8 Å². The fourth-order valence-corrected chi connectivity index (χ4v) is 5.61. The van der Waals surface area contributed by atoms with E-state index in [1.165, 1.54) is 17.7 Å². The van der Waals surface area contributed by atoms with Crippen molar-refractivity contribution in [1.82, 2.24) is 0 Å². The van der Waals surface area contributed by atoms with Gasteiger partial charge in [0.2, 0.25) is 0 Å². The molecule has 1 amide bonds. The summed E-state index contributed by atoms with van der Waals surface area (Å²) in [4.78, 5) is 14.0. The molecule has 178 valence electrons. The van der Waals surface area contributed by atoms with E-state index in [-0.39, 0.29) is 10.8 Å². The zero-order chi connectivity index (χ0) is 24.8. The molecule has 0 heterocycles. The molecule has 0 spiro atoms. The van der Waals surface area contributed by atoms with E-state index >= 15 is 0 Å². The van der Waals surface area contributed by atoms with Gasteiger partial charge in [-0.15, -0.1) is 11.8 Å². The van der Waals surface area contributed by atoms with Crippen molar-refractivity contribution in [2.75, 3.05) is 10.0 Å². The normalized spacial score (nSPS) is 11.1. The highest BCUT2D eigenvalue weighted by Crippen LogP contribution is 2.27. The highest BCUT2D eigenvalue weighted by atomic mass is 32.2. The van der Waals surface area contributed by atoms with Gasteiger partial charge in [0.15, 0.2) is 0 Å². The van der Waals surface area contributed by atoms with Gasteiger partial charge in [0.1, 0.15) is 0 Å². The molecule has 0 aliphatic heterocycles. The second-order valence-corrected chi connectivity index (χ2v) is 10.9. The number of benzene rings is 4. The molecule has 0 atom stereocenters. The smallest absolute Gasteiger partial charge is 0.261 e. The van der Waals surface area contributed by atoms with E-state index in [1.54, 1.807) is 36.0 Å². The van der Waals surface area contributed by atoms with Crippen molar-refractivity contribution in [3.63, 3.8) is 0 Å². The van der Waals surface area contributed by atoms with Crippen molar-refractivity contribution in [3.8, 4) is 0 Å². The van der Waals surface area contributed by atoms with Gasteiger partial charge in [-0.25, -0.2) is 8.42 Å². The van der Waals surface area contributed by atoms with Crippen LogP contribution in [0.1, 0.15) is 27.0 Å². The molecule has 35 heavy (non-hydrogen) atoms. The number of sulfonamides is 1. The average molecular weight is 503 g/mol. The molecule has 0 saturated carbocycles. The number of nitrogens with one attached hydrogen (secondary N) is 2. The van der Waals surface area contributed by atoms with Gasteiger partial charge in [-0.2, -0.15) is 0 Å². The Morgan fingerprint density at radius 1 is 0.829 bits per heavy atom. The summed E-state index contributed by atoms with van der Waals surface area (Å²) in [7, 11) is -3.76. The predicted octanol–water partition coefficient (Wildman–Crippen LogP) is 6.65.